The van der Waals surface area contributed by atoms with E-state index in [4.69, 9.17) is 9.90 Å². The summed E-state index contributed by atoms with van der Waals surface area (Å²) in [5, 5.41) is 13.9. The van der Waals surface area contributed by atoms with E-state index >= 15 is 0 Å². The number of nitrogens with one attached hydrogen (secondary N) is 1. The van der Waals surface area contributed by atoms with Gasteiger partial charge in [-0.1, -0.05) is 32.0 Å². The van der Waals surface area contributed by atoms with Crippen molar-refractivity contribution in [3.63, 3.8) is 0 Å². The lowest BCUT2D eigenvalue weighted by atomic mass is 9.86. The van der Waals surface area contributed by atoms with Crippen LogP contribution in [0, 0.1) is 11.2 Å². The Kier molecular flexibility index (Phi) is 5.98. The second-order valence-corrected chi connectivity index (χ2v) is 7.07. The fourth-order valence-electron chi connectivity index (χ4n) is 3.62. The van der Waals surface area contributed by atoms with E-state index in [1.165, 1.54) is 6.07 Å². The number of hydrogen-bond acceptors (Lipinski definition) is 4. The molecule has 146 valence electrons. The van der Waals surface area contributed by atoms with Crippen molar-refractivity contribution in [1.29, 1.82) is 0 Å². The molecule has 27 heavy (non-hydrogen) atoms. The predicted molar refractivity (Wildman–Crippen MR) is 97.7 cm³/mol. The molecule has 2 N–H and O–H groups in total. The van der Waals surface area contributed by atoms with Crippen molar-refractivity contribution in [2.75, 3.05) is 7.05 Å². The molecule has 7 nitrogen and oxygen atoms in total. The topological polar surface area (TPSA) is 97.1 Å². The molecule has 0 bridgehead atoms. The van der Waals surface area contributed by atoms with Crippen LogP contribution in [0.4, 0.5) is 4.39 Å². The monoisotopic (exact) mass is 376 g/mol. The maximum absolute atomic E-state index is 14.5. The van der Waals surface area contributed by atoms with Crippen molar-refractivity contribution in [2.45, 2.75) is 45.6 Å². The van der Waals surface area contributed by atoms with Crippen LogP contribution in [0.15, 0.2) is 24.3 Å². The van der Waals surface area contributed by atoms with E-state index in [1.54, 1.807) is 17.8 Å². The number of aromatic nitrogens is 3. The lowest BCUT2D eigenvalue weighted by molar-refractivity contribution is -0.123. The number of rotatable bonds is 5. The summed E-state index contributed by atoms with van der Waals surface area (Å²) in [6, 6.07) is 6.87. The van der Waals surface area contributed by atoms with Crippen LogP contribution in [0.1, 0.15) is 44.4 Å². The van der Waals surface area contributed by atoms with Crippen molar-refractivity contribution in [2.24, 2.45) is 5.41 Å². The van der Waals surface area contributed by atoms with Crippen LogP contribution in [0.5, 0.6) is 0 Å². The minimum Gasteiger partial charge on any atom is -0.483 e. The second kappa shape index (κ2) is 7.85. The number of carbonyl (C=O) groups excluding carboxylic acids is 1. The van der Waals surface area contributed by atoms with E-state index in [0.717, 1.165) is 12.2 Å². The van der Waals surface area contributed by atoms with Gasteiger partial charge in [-0.3, -0.25) is 9.59 Å². The predicted octanol–water partition coefficient (Wildman–Crippen LogP) is 2.14. The highest BCUT2D eigenvalue weighted by molar-refractivity contribution is 5.77. The smallest absolute Gasteiger partial charge is 0.290 e. The van der Waals surface area contributed by atoms with E-state index in [2.05, 4.69) is 29.2 Å². The molecule has 1 unspecified atom stereocenters. The quantitative estimate of drug-likeness (QED) is 0.780. The highest BCUT2D eigenvalue weighted by Gasteiger charge is 2.66. The zero-order valence-electron chi connectivity index (χ0n) is 16.0. The summed E-state index contributed by atoms with van der Waals surface area (Å²) < 4.78 is 16.3. The molecule has 1 saturated carbocycles. The molecule has 1 fully saturated rings. The Labute approximate surface area is 157 Å². The van der Waals surface area contributed by atoms with Crippen LogP contribution >= 0.6 is 0 Å². The van der Waals surface area contributed by atoms with E-state index in [-0.39, 0.29) is 30.0 Å². The van der Waals surface area contributed by atoms with E-state index in [1.807, 2.05) is 19.1 Å². The van der Waals surface area contributed by atoms with Gasteiger partial charge in [0.25, 0.3) is 6.47 Å². The van der Waals surface area contributed by atoms with Gasteiger partial charge in [0.15, 0.2) is 5.82 Å². The summed E-state index contributed by atoms with van der Waals surface area (Å²) in [7, 11) is 1.59. The summed E-state index contributed by atoms with van der Waals surface area (Å²) in [4.78, 5) is 24.6. The molecule has 1 aliphatic carbocycles. The average Bonchev–Trinajstić information content (AvgIpc) is 2.99. The Morgan fingerprint density at radius 3 is 2.48 bits per heavy atom. The molecule has 1 amide bonds. The van der Waals surface area contributed by atoms with Gasteiger partial charge in [0.2, 0.25) is 5.91 Å². The molecular weight excluding hydrogens is 351 g/mol. The molecule has 0 spiro atoms. The average molecular weight is 376 g/mol. The van der Waals surface area contributed by atoms with Gasteiger partial charge in [-0.05, 0) is 24.8 Å². The van der Waals surface area contributed by atoms with Gasteiger partial charge in [0.05, 0.1) is 11.8 Å². The fraction of sp³-hybridized carbons (Fsp3) is 0.474. The standard InChI is InChI=1S/C18H23FN4O.CH2O2/c1-5-23-16(21-14(22-23)10-15(24)20-4)18(11-17(18,2)3)12-8-6-7-9-13(12)19;2-1-3/h6-9H,5,10-11H2,1-4H3,(H,20,24);1H,(H,2,3). The number of carboxylic acid groups (broad SMARTS) is 1. The first-order valence-electron chi connectivity index (χ1n) is 8.75. The summed E-state index contributed by atoms with van der Waals surface area (Å²) in [5.41, 5.74) is 0.0467. The Morgan fingerprint density at radius 1 is 1.41 bits per heavy atom. The van der Waals surface area contributed by atoms with Crippen molar-refractivity contribution < 1.29 is 19.1 Å². The van der Waals surface area contributed by atoms with Gasteiger partial charge < -0.3 is 10.4 Å². The molecule has 1 aromatic carbocycles. The summed E-state index contributed by atoms with van der Waals surface area (Å²) >= 11 is 0. The Morgan fingerprint density at radius 2 is 2.00 bits per heavy atom. The van der Waals surface area contributed by atoms with E-state index < -0.39 is 5.41 Å². The number of amides is 1. The first-order valence-corrected chi connectivity index (χ1v) is 8.75. The first kappa shape index (κ1) is 20.5. The molecular formula is C19H25FN4O3. The van der Waals surface area contributed by atoms with Crippen LogP contribution in [0.3, 0.4) is 0 Å². The van der Waals surface area contributed by atoms with Crippen LogP contribution in [-0.4, -0.2) is 39.3 Å². The van der Waals surface area contributed by atoms with Gasteiger partial charge in [-0.25, -0.2) is 14.1 Å². The van der Waals surface area contributed by atoms with Crippen molar-refractivity contribution in [1.82, 2.24) is 20.1 Å². The third-order valence-electron chi connectivity index (χ3n) is 5.07. The summed E-state index contributed by atoms with van der Waals surface area (Å²) in [5.74, 6) is 0.870. The maximum atomic E-state index is 14.5. The second-order valence-electron chi connectivity index (χ2n) is 7.07. The minimum absolute atomic E-state index is 0.112. The molecule has 2 aromatic rings. The molecule has 0 saturated heterocycles. The minimum atomic E-state index is -0.498. The highest BCUT2D eigenvalue weighted by Crippen LogP contribution is 2.67. The third-order valence-corrected chi connectivity index (χ3v) is 5.07. The number of aryl methyl sites for hydroxylation is 1. The Balaban J connectivity index is 0.000000817. The zero-order valence-corrected chi connectivity index (χ0v) is 16.0. The highest BCUT2D eigenvalue weighted by atomic mass is 19.1. The molecule has 1 aromatic heterocycles. The number of nitrogens with zero attached hydrogens (tertiary/aromatic N) is 3. The summed E-state index contributed by atoms with van der Waals surface area (Å²) in [6.07, 6.45) is 0.934. The molecule has 1 heterocycles. The normalized spacial score (nSPS) is 19.6. The Bertz CT molecular complexity index is 834. The number of halogens is 1. The summed E-state index contributed by atoms with van der Waals surface area (Å²) in [6.45, 7) is 6.59. The van der Waals surface area contributed by atoms with Crippen LogP contribution < -0.4 is 5.32 Å². The van der Waals surface area contributed by atoms with Crippen molar-refractivity contribution in [3.05, 3.63) is 47.3 Å². The SMILES string of the molecule is CCn1nc(CC(=O)NC)nc1C1(c2ccccc2F)CC1(C)C.O=CO. The molecule has 1 atom stereocenters. The molecule has 0 aliphatic heterocycles. The van der Waals surface area contributed by atoms with Crippen LogP contribution in [-0.2, 0) is 28.0 Å². The lowest BCUT2D eigenvalue weighted by Gasteiger charge is -2.21. The van der Waals surface area contributed by atoms with Gasteiger partial charge in [-0.15, -0.1) is 0 Å². The molecule has 1 aliphatic rings. The largest absolute Gasteiger partial charge is 0.483 e. The molecule has 8 heteroatoms. The first-order chi connectivity index (χ1) is 12.8. The van der Waals surface area contributed by atoms with Gasteiger partial charge >= 0.3 is 0 Å². The van der Waals surface area contributed by atoms with E-state index in [9.17, 15) is 9.18 Å². The number of hydrogen-bond donors (Lipinski definition) is 2. The fourth-order valence-corrected chi connectivity index (χ4v) is 3.62. The lowest BCUT2D eigenvalue weighted by Crippen LogP contribution is -2.23. The number of carbonyl (C=O) groups is 2. The van der Waals surface area contributed by atoms with E-state index in [0.29, 0.717) is 17.9 Å². The van der Waals surface area contributed by atoms with Gasteiger partial charge in [0, 0.05) is 19.2 Å². The maximum Gasteiger partial charge on any atom is 0.290 e. The number of benzene rings is 1. The third kappa shape index (κ3) is 3.70. The number of likely N-dealkylation sites (N-methyl/N-ethyl adjacent to an activating group) is 1. The van der Waals surface area contributed by atoms with Gasteiger partial charge in [-0.2, -0.15) is 5.10 Å². The van der Waals surface area contributed by atoms with Crippen LogP contribution in [0.2, 0.25) is 0 Å². The molecule has 3 rings (SSSR count). The van der Waals surface area contributed by atoms with Gasteiger partial charge in [0.1, 0.15) is 11.6 Å². The molecule has 0 radical (unpaired) electrons. The van der Waals surface area contributed by atoms with Crippen LogP contribution in [0.25, 0.3) is 0 Å². The Hall–Kier alpha value is -2.77. The zero-order chi connectivity index (χ0) is 20.2. The van der Waals surface area contributed by atoms with Crippen molar-refractivity contribution in [3.8, 4) is 0 Å². The van der Waals surface area contributed by atoms with Crippen molar-refractivity contribution >= 4 is 12.4 Å².